The second kappa shape index (κ2) is 8.93. The highest BCUT2D eigenvalue weighted by Gasteiger charge is 2.20. The average Bonchev–Trinajstić information content (AvgIpc) is 2.98. The second-order valence-corrected chi connectivity index (χ2v) is 7.57. The number of hydrogen-bond acceptors (Lipinski definition) is 5. The lowest BCUT2D eigenvalue weighted by molar-refractivity contribution is -0.137. The quantitative estimate of drug-likeness (QED) is 0.596. The molecule has 1 heterocycles. The molecule has 1 aromatic heterocycles. The van der Waals surface area contributed by atoms with Crippen molar-refractivity contribution < 1.29 is 19.2 Å². The van der Waals surface area contributed by atoms with Crippen LogP contribution in [0, 0.1) is 13.8 Å². The standard InChI is InChI=1S/C21H22N2O4S/c1-13-18(14(2)27-23-13)11-28-12-20(24)22-19(10-21(25)26)17-9-5-7-15-6-3-4-8-16(15)17/h3-9,19H,10-12H2,1-2H3,(H,22,24)(H,25,26)/t19-/m1/s1. The normalized spacial score (nSPS) is 12.1. The SMILES string of the molecule is Cc1noc(C)c1CSCC(=O)N[C@H](CC(=O)O)c1cccc2ccccc12. The molecule has 146 valence electrons. The van der Waals surface area contributed by atoms with Crippen LogP contribution in [0.15, 0.2) is 47.0 Å². The van der Waals surface area contributed by atoms with Gasteiger partial charge in [0.05, 0.1) is 23.9 Å². The van der Waals surface area contributed by atoms with E-state index in [1.807, 2.05) is 56.3 Å². The minimum Gasteiger partial charge on any atom is -0.481 e. The zero-order valence-electron chi connectivity index (χ0n) is 15.8. The molecule has 2 aromatic carbocycles. The molecule has 1 atom stereocenters. The van der Waals surface area contributed by atoms with Crippen molar-refractivity contribution in [1.29, 1.82) is 0 Å². The molecule has 7 heteroatoms. The molecule has 28 heavy (non-hydrogen) atoms. The summed E-state index contributed by atoms with van der Waals surface area (Å²) in [6.45, 7) is 3.72. The van der Waals surface area contributed by atoms with Gasteiger partial charge >= 0.3 is 5.97 Å². The van der Waals surface area contributed by atoms with Gasteiger partial charge in [0.2, 0.25) is 5.91 Å². The van der Waals surface area contributed by atoms with Crippen molar-refractivity contribution in [2.75, 3.05) is 5.75 Å². The van der Waals surface area contributed by atoms with Crippen molar-refractivity contribution in [3.05, 3.63) is 65.0 Å². The van der Waals surface area contributed by atoms with Gasteiger partial charge in [0.15, 0.2) is 0 Å². The number of rotatable bonds is 8. The van der Waals surface area contributed by atoms with Gasteiger partial charge in [0, 0.05) is 11.3 Å². The number of carbonyl (C=O) groups excluding carboxylic acids is 1. The largest absolute Gasteiger partial charge is 0.481 e. The molecule has 0 spiro atoms. The van der Waals surface area contributed by atoms with Gasteiger partial charge in [-0.25, -0.2) is 0 Å². The van der Waals surface area contributed by atoms with Crippen molar-refractivity contribution >= 4 is 34.4 Å². The van der Waals surface area contributed by atoms with E-state index >= 15 is 0 Å². The van der Waals surface area contributed by atoms with Gasteiger partial charge in [0.25, 0.3) is 0 Å². The number of thioether (sulfide) groups is 1. The first-order chi connectivity index (χ1) is 13.5. The number of hydrogen-bond donors (Lipinski definition) is 2. The van der Waals surface area contributed by atoms with Crippen LogP contribution in [0.3, 0.4) is 0 Å². The maximum atomic E-state index is 12.5. The van der Waals surface area contributed by atoms with Gasteiger partial charge in [-0.3, -0.25) is 9.59 Å². The zero-order chi connectivity index (χ0) is 20.1. The first-order valence-electron chi connectivity index (χ1n) is 8.94. The number of nitrogens with one attached hydrogen (secondary N) is 1. The van der Waals surface area contributed by atoms with Crippen LogP contribution >= 0.6 is 11.8 Å². The van der Waals surface area contributed by atoms with Gasteiger partial charge < -0.3 is 14.9 Å². The molecule has 1 amide bonds. The number of benzene rings is 2. The Balaban J connectivity index is 1.70. The van der Waals surface area contributed by atoms with Crippen molar-refractivity contribution in [3.63, 3.8) is 0 Å². The Morgan fingerprint density at radius 1 is 1.18 bits per heavy atom. The summed E-state index contributed by atoms with van der Waals surface area (Å²) in [5.74, 6) is 0.444. The molecule has 0 aliphatic carbocycles. The minimum atomic E-state index is -0.957. The van der Waals surface area contributed by atoms with Crippen molar-refractivity contribution in [2.45, 2.75) is 32.1 Å². The molecular weight excluding hydrogens is 376 g/mol. The summed E-state index contributed by atoms with van der Waals surface area (Å²) in [4.78, 5) is 23.8. The third kappa shape index (κ3) is 4.72. The van der Waals surface area contributed by atoms with E-state index in [-0.39, 0.29) is 18.1 Å². The fourth-order valence-corrected chi connectivity index (χ4v) is 4.14. The Hall–Kier alpha value is -2.80. The summed E-state index contributed by atoms with van der Waals surface area (Å²) in [6.07, 6.45) is -0.172. The molecule has 6 nitrogen and oxygen atoms in total. The van der Waals surface area contributed by atoms with E-state index in [1.54, 1.807) is 0 Å². The van der Waals surface area contributed by atoms with E-state index in [9.17, 15) is 14.7 Å². The molecule has 2 N–H and O–H groups in total. The van der Waals surface area contributed by atoms with Gasteiger partial charge in [-0.1, -0.05) is 47.6 Å². The maximum Gasteiger partial charge on any atom is 0.305 e. The summed E-state index contributed by atoms with van der Waals surface area (Å²) in [5, 5.41) is 18.1. The molecule has 0 bridgehead atoms. The van der Waals surface area contributed by atoms with E-state index in [4.69, 9.17) is 4.52 Å². The fourth-order valence-electron chi connectivity index (χ4n) is 3.16. The van der Waals surface area contributed by atoms with E-state index in [0.717, 1.165) is 33.4 Å². The van der Waals surface area contributed by atoms with Crippen LogP contribution in [0.5, 0.6) is 0 Å². The minimum absolute atomic E-state index is 0.172. The first-order valence-corrected chi connectivity index (χ1v) is 10.1. The number of nitrogens with zero attached hydrogens (tertiary/aromatic N) is 1. The molecule has 0 saturated carbocycles. The Bertz CT molecular complexity index is 974. The number of carboxylic acid groups (broad SMARTS) is 1. The van der Waals surface area contributed by atoms with E-state index in [2.05, 4.69) is 10.5 Å². The number of aryl methyl sites for hydroxylation is 2. The zero-order valence-corrected chi connectivity index (χ0v) is 16.6. The smallest absolute Gasteiger partial charge is 0.305 e. The Kier molecular flexibility index (Phi) is 6.36. The number of carboxylic acids is 1. The lowest BCUT2D eigenvalue weighted by Crippen LogP contribution is -2.31. The van der Waals surface area contributed by atoms with Crippen LogP contribution in [-0.4, -0.2) is 27.9 Å². The number of amides is 1. The number of fused-ring (bicyclic) bond motifs is 1. The highest BCUT2D eigenvalue weighted by atomic mass is 32.2. The van der Waals surface area contributed by atoms with Gasteiger partial charge in [-0.2, -0.15) is 0 Å². The highest BCUT2D eigenvalue weighted by Crippen LogP contribution is 2.27. The van der Waals surface area contributed by atoms with Gasteiger partial charge in [-0.05, 0) is 30.2 Å². The lowest BCUT2D eigenvalue weighted by atomic mass is 9.96. The molecule has 3 rings (SSSR count). The third-order valence-electron chi connectivity index (χ3n) is 4.57. The third-order valence-corrected chi connectivity index (χ3v) is 5.53. The molecule has 0 fully saturated rings. The van der Waals surface area contributed by atoms with Gasteiger partial charge in [-0.15, -0.1) is 11.8 Å². The summed E-state index contributed by atoms with van der Waals surface area (Å²) in [5.41, 5.74) is 2.63. The lowest BCUT2D eigenvalue weighted by Gasteiger charge is -2.19. The van der Waals surface area contributed by atoms with Crippen LogP contribution in [0.25, 0.3) is 10.8 Å². The second-order valence-electron chi connectivity index (χ2n) is 6.58. The van der Waals surface area contributed by atoms with Gasteiger partial charge in [0.1, 0.15) is 5.76 Å². The molecule has 3 aromatic rings. The van der Waals surface area contributed by atoms with Crippen LogP contribution in [0.2, 0.25) is 0 Å². The summed E-state index contributed by atoms with van der Waals surface area (Å²) < 4.78 is 5.13. The van der Waals surface area contributed by atoms with Crippen molar-refractivity contribution in [1.82, 2.24) is 10.5 Å². The number of carbonyl (C=O) groups is 2. The van der Waals surface area contributed by atoms with Crippen molar-refractivity contribution in [3.8, 4) is 0 Å². The summed E-state index contributed by atoms with van der Waals surface area (Å²) in [7, 11) is 0. The van der Waals surface area contributed by atoms with Crippen LogP contribution in [0.1, 0.15) is 35.0 Å². The Morgan fingerprint density at radius 2 is 1.93 bits per heavy atom. The van der Waals surface area contributed by atoms with Crippen LogP contribution in [0.4, 0.5) is 0 Å². The molecule has 0 aliphatic rings. The monoisotopic (exact) mass is 398 g/mol. The Labute approximate surface area is 167 Å². The Morgan fingerprint density at radius 3 is 2.64 bits per heavy atom. The van der Waals surface area contributed by atoms with E-state index < -0.39 is 12.0 Å². The fraction of sp³-hybridized carbons (Fsp3) is 0.286. The molecule has 0 unspecified atom stereocenters. The molecular formula is C21H22N2O4S. The summed E-state index contributed by atoms with van der Waals surface area (Å²) in [6, 6.07) is 12.9. The number of aliphatic carboxylic acids is 1. The predicted molar refractivity (Wildman–Crippen MR) is 109 cm³/mol. The van der Waals surface area contributed by atoms with Crippen LogP contribution in [-0.2, 0) is 15.3 Å². The number of aromatic nitrogens is 1. The topological polar surface area (TPSA) is 92.4 Å². The maximum absolute atomic E-state index is 12.5. The summed E-state index contributed by atoms with van der Waals surface area (Å²) >= 11 is 1.45. The van der Waals surface area contributed by atoms with Crippen LogP contribution < -0.4 is 5.32 Å². The van der Waals surface area contributed by atoms with Crippen molar-refractivity contribution in [2.24, 2.45) is 0 Å². The average molecular weight is 398 g/mol. The van der Waals surface area contributed by atoms with E-state index in [1.165, 1.54) is 11.8 Å². The highest BCUT2D eigenvalue weighted by molar-refractivity contribution is 7.99. The molecule has 0 radical (unpaired) electrons. The first kappa shape index (κ1) is 19.9. The predicted octanol–water partition coefficient (Wildman–Crippen LogP) is 4.01. The molecule has 0 aliphatic heterocycles. The van der Waals surface area contributed by atoms with E-state index in [0.29, 0.717) is 5.75 Å². The molecule has 0 saturated heterocycles.